The molecule has 7 nitrogen and oxygen atoms in total. The highest BCUT2D eigenvalue weighted by Crippen LogP contribution is 2.15. The first kappa shape index (κ1) is 13.4. The predicted octanol–water partition coefficient (Wildman–Crippen LogP) is -0.000500. The number of hydrogen-bond donors (Lipinski definition) is 2. The van der Waals surface area contributed by atoms with Gasteiger partial charge in [0, 0.05) is 37.8 Å². The fraction of sp³-hybridized carbons (Fsp3) is 0.417. The zero-order chi connectivity index (χ0) is 14.0. The van der Waals surface area contributed by atoms with Gasteiger partial charge in [-0.05, 0) is 12.1 Å². The number of non-ortho nitro benzene ring substituents is 1. The molecule has 1 fully saturated rings. The summed E-state index contributed by atoms with van der Waals surface area (Å²) in [5, 5.41) is 23.3. The molecule has 1 saturated heterocycles. The zero-order valence-corrected chi connectivity index (χ0v) is 10.4. The van der Waals surface area contributed by atoms with Crippen molar-refractivity contribution in [1.29, 1.82) is 0 Å². The van der Waals surface area contributed by atoms with Crippen molar-refractivity contribution in [3.8, 4) is 0 Å². The van der Waals surface area contributed by atoms with Crippen molar-refractivity contribution >= 4 is 11.6 Å². The second-order valence-corrected chi connectivity index (χ2v) is 4.51. The number of aliphatic hydroxyl groups is 1. The number of aliphatic hydroxyl groups excluding tert-OH is 1. The molecular weight excluding hydrogens is 250 g/mol. The van der Waals surface area contributed by atoms with Crippen molar-refractivity contribution in [1.82, 2.24) is 10.2 Å². The van der Waals surface area contributed by atoms with Gasteiger partial charge in [-0.25, -0.2) is 0 Å². The standard InChI is InChI=1S/C12H15N3O4/c1-14(10-6-13-7-11(10)16)12(17)8-2-4-9(5-3-8)15(18)19/h2-5,10-11,13,16H,6-7H2,1H3/t10-,11-/m0/s1. The minimum atomic E-state index is -0.591. The van der Waals surface area contributed by atoms with E-state index in [9.17, 15) is 20.0 Å². The van der Waals surface area contributed by atoms with Crippen molar-refractivity contribution < 1.29 is 14.8 Å². The number of nitrogens with one attached hydrogen (secondary N) is 1. The monoisotopic (exact) mass is 265 g/mol. The number of benzene rings is 1. The topological polar surface area (TPSA) is 95.7 Å². The van der Waals surface area contributed by atoms with Gasteiger partial charge in [-0.15, -0.1) is 0 Å². The van der Waals surface area contributed by atoms with E-state index in [0.29, 0.717) is 18.7 Å². The van der Waals surface area contributed by atoms with Gasteiger partial charge >= 0.3 is 0 Å². The van der Waals surface area contributed by atoms with Gasteiger partial charge in [-0.3, -0.25) is 14.9 Å². The second kappa shape index (κ2) is 5.33. The Morgan fingerprint density at radius 2 is 2.05 bits per heavy atom. The first-order valence-corrected chi connectivity index (χ1v) is 5.91. The largest absolute Gasteiger partial charge is 0.390 e. The van der Waals surface area contributed by atoms with Crippen molar-refractivity contribution in [3.63, 3.8) is 0 Å². The number of nitro benzene ring substituents is 1. The second-order valence-electron chi connectivity index (χ2n) is 4.51. The van der Waals surface area contributed by atoms with E-state index in [1.54, 1.807) is 7.05 Å². The van der Waals surface area contributed by atoms with Gasteiger partial charge < -0.3 is 15.3 Å². The Kier molecular flexibility index (Phi) is 3.77. The third-order valence-electron chi connectivity index (χ3n) is 3.29. The summed E-state index contributed by atoms with van der Waals surface area (Å²) < 4.78 is 0. The quantitative estimate of drug-likeness (QED) is 0.592. The summed E-state index contributed by atoms with van der Waals surface area (Å²) in [6.45, 7) is 0.999. The summed E-state index contributed by atoms with van der Waals surface area (Å²) in [5.74, 6) is -0.261. The molecule has 1 aliphatic heterocycles. The number of nitro groups is 1. The van der Waals surface area contributed by atoms with Crippen molar-refractivity contribution in [2.24, 2.45) is 0 Å². The Hall–Kier alpha value is -1.99. The van der Waals surface area contributed by atoms with E-state index in [4.69, 9.17) is 0 Å². The predicted molar refractivity (Wildman–Crippen MR) is 67.9 cm³/mol. The summed E-state index contributed by atoms with van der Waals surface area (Å²) in [5.41, 5.74) is 0.314. The minimum Gasteiger partial charge on any atom is -0.390 e. The first-order valence-electron chi connectivity index (χ1n) is 5.91. The zero-order valence-electron chi connectivity index (χ0n) is 10.4. The van der Waals surface area contributed by atoms with Crippen LogP contribution < -0.4 is 5.32 Å². The van der Waals surface area contributed by atoms with Crippen LogP contribution in [0.5, 0.6) is 0 Å². The molecule has 1 aliphatic rings. The maximum absolute atomic E-state index is 12.2. The van der Waals surface area contributed by atoms with Gasteiger partial charge in [0.05, 0.1) is 17.1 Å². The number of amides is 1. The average Bonchev–Trinajstić information content (AvgIpc) is 2.83. The lowest BCUT2D eigenvalue weighted by Crippen LogP contribution is -2.44. The van der Waals surface area contributed by atoms with Crippen LogP contribution in [0.3, 0.4) is 0 Å². The summed E-state index contributed by atoms with van der Waals surface area (Å²) in [6.07, 6.45) is -0.591. The van der Waals surface area contributed by atoms with Gasteiger partial charge in [0.1, 0.15) is 0 Å². The van der Waals surface area contributed by atoms with Gasteiger partial charge in [-0.2, -0.15) is 0 Å². The van der Waals surface area contributed by atoms with Crippen LogP contribution in [0.2, 0.25) is 0 Å². The summed E-state index contributed by atoms with van der Waals surface area (Å²) >= 11 is 0. The molecule has 2 N–H and O–H groups in total. The van der Waals surface area contributed by atoms with Crippen molar-refractivity contribution in [2.45, 2.75) is 12.1 Å². The fourth-order valence-corrected chi connectivity index (χ4v) is 2.13. The Bertz CT molecular complexity index is 488. The molecule has 2 atom stereocenters. The Balaban J connectivity index is 2.12. The Morgan fingerprint density at radius 1 is 1.42 bits per heavy atom. The molecule has 19 heavy (non-hydrogen) atoms. The Labute approximate surface area is 110 Å². The fourth-order valence-electron chi connectivity index (χ4n) is 2.13. The van der Waals surface area contributed by atoms with E-state index in [0.717, 1.165) is 0 Å². The molecule has 2 rings (SSSR count). The number of rotatable bonds is 3. The summed E-state index contributed by atoms with van der Waals surface area (Å²) in [4.78, 5) is 23.7. The van der Waals surface area contributed by atoms with Crippen LogP contribution in [0, 0.1) is 10.1 Å². The number of hydrogen-bond acceptors (Lipinski definition) is 5. The lowest BCUT2D eigenvalue weighted by molar-refractivity contribution is -0.384. The van der Waals surface area contributed by atoms with E-state index in [1.807, 2.05) is 0 Å². The van der Waals surface area contributed by atoms with E-state index in [1.165, 1.54) is 29.2 Å². The SMILES string of the molecule is CN(C(=O)c1ccc([N+](=O)[O-])cc1)[C@H]1CNC[C@@H]1O. The van der Waals surface area contributed by atoms with E-state index in [-0.39, 0.29) is 17.6 Å². The minimum absolute atomic E-state index is 0.0539. The summed E-state index contributed by atoms with van der Waals surface area (Å²) in [6, 6.07) is 5.16. The average molecular weight is 265 g/mol. The molecule has 0 aromatic heterocycles. The van der Waals surface area contributed by atoms with Gasteiger partial charge in [-0.1, -0.05) is 0 Å². The molecule has 7 heteroatoms. The molecule has 0 saturated carbocycles. The van der Waals surface area contributed by atoms with Crippen molar-refractivity contribution in [3.05, 3.63) is 39.9 Å². The molecule has 0 bridgehead atoms. The van der Waals surface area contributed by atoms with Crippen LogP contribution in [-0.4, -0.2) is 53.1 Å². The number of nitrogens with zero attached hydrogens (tertiary/aromatic N) is 2. The molecule has 1 amide bonds. The van der Waals surface area contributed by atoms with Crippen LogP contribution in [-0.2, 0) is 0 Å². The third kappa shape index (κ3) is 2.72. The van der Waals surface area contributed by atoms with Crippen molar-refractivity contribution in [2.75, 3.05) is 20.1 Å². The van der Waals surface area contributed by atoms with Gasteiger partial charge in [0.2, 0.25) is 0 Å². The first-order chi connectivity index (χ1) is 9.00. The highest BCUT2D eigenvalue weighted by atomic mass is 16.6. The van der Waals surface area contributed by atoms with Crippen LogP contribution in [0.15, 0.2) is 24.3 Å². The summed E-state index contributed by atoms with van der Waals surface area (Å²) in [7, 11) is 1.62. The van der Waals surface area contributed by atoms with Gasteiger partial charge in [0.25, 0.3) is 11.6 Å². The number of carbonyl (C=O) groups is 1. The molecule has 0 spiro atoms. The molecule has 0 radical (unpaired) electrons. The highest BCUT2D eigenvalue weighted by molar-refractivity contribution is 5.94. The normalized spacial score (nSPS) is 22.2. The molecule has 1 aromatic carbocycles. The molecule has 102 valence electrons. The number of likely N-dealkylation sites (N-methyl/N-ethyl adjacent to an activating group) is 1. The Morgan fingerprint density at radius 3 is 2.53 bits per heavy atom. The van der Waals surface area contributed by atoms with Crippen LogP contribution in [0.25, 0.3) is 0 Å². The maximum Gasteiger partial charge on any atom is 0.269 e. The van der Waals surface area contributed by atoms with Crippen LogP contribution in [0.1, 0.15) is 10.4 Å². The lowest BCUT2D eigenvalue weighted by atomic mass is 10.1. The van der Waals surface area contributed by atoms with Crippen LogP contribution >= 0.6 is 0 Å². The molecule has 0 aliphatic carbocycles. The van der Waals surface area contributed by atoms with E-state index in [2.05, 4.69) is 5.32 Å². The van der Waals surface area contributed by atoms with Crippen LogP contribution in [0.4, 0.5) is 5.69 Å². The van der Waals surface area contributed by atoms with Gasteiger partial charge in [0.15, 0.2) is 0 Å². The number of β-amino-alcohol motifs (C(OH)–C–C–N with tert-alkyl or cyclic N) is 1. The highest BCUT2D eigenvalue weighted by Gasteiger charge is 2.31. The maximum atomic E-state index is 12.2. The molecule has 1 heterocycles. The molecule has 0 unspecified atom stereocenters. The third-order valence-corrected chi connectivity index (χ3v) is 3.29. The smallest absolute Gasteiger partial charge is 0.269 e. The lowest BCUT2D eigenvalue weighted by Gasteiger charge is -2.26. The molecule has 1 aromatic rings. The van der Waals surface area contributed by atoms with E-state index >= 15 is 0 Å². The van der Waals surface area contributed by atoms with E-state index < -0.39 is 11.0 Å². The number of carbonyl (C=O) groups excluding carboxylic acids is 1. The molecular formula is C12H15N3O4.